The predicted molar refractivity (Wildman–Crippen MR) is 108 cm³/mol. The maximum atomic E-state index is 13.4. The molecular weight excluding hydrogens is 400 g/mol. The highest BCUT2D eigenvalue weighted by Gasteiger charge is 2.40. The third kappa shape index (κ3) is 4.01. The van der Waals surface area contributed by atoms with E-state index in [0.717, 1.165) is 5.56 Å². The molecule has 1 aliphatic heterocycles. The first-order valence-electron chi connectivity index (χ1n) is 8.96. The standard InChI is InChI=1S/C20H23ClN2O4S/c1-15-4-10-18(11-5-15)28(25,26)23-13-3-12-22(19(24)14-21)20(23)16-6-8-17(27-2)9-7-16/h4-11,20H,3,12-14H2,1-2H3. The van der Waals surface area contributed by atoms with Gasteiger partial charge in [-0.25, -0.2) is 8.42 Å². The first-order chi connectivity index (χ1) is 13.4. The number of methoxy groups -OCH3 is 1. The van der Waals surface area contributed by atoms with Crippen LogP contribution in [-0.4, -0.2) is 49.6 Å². The van der Waals surface area contributed by atoms with Gasteiger partial charge in [0.05, 0.1) is 12.0 Å². The molecule has 1 aliphatic rings. The third-order valence-electron chi connectivity index (χ3n) is 4.82. The summed E-state index contributed by atoms with van der Waals surface area (Å²) >= 11 is 5.80. The number of amides is 1. The van der Waals surface area contributed by atoms with Crippen molar-refractivity contribution in [3.05, 3.63) is 59.7 Å². The summed E-state index contributed by atoms with van der Waals surface area (Å²) < 4.78 is 33.4. The summed E-state index contributed by atoms with van der Waals surface area (Å²) in [5, 5.41) is 0. The fourth-order valence-corrected chi connectivity index (χ4v) is 5.13. The van der Waals surface area contributed by atoms with Gasteiger partial charge in [-0.05, 0) is 43.2 Å². The Labute approximate surface area is 170 Å². The van der Waals surface area contributed by atoms with Gasteiger partial charge in [0.25, 0.3) is 0 Å². The van der Waals surface area contributed by atoms with Gasteiger partial charge in [0.15, 0.2) is 0 Å². The maximum Gasteiger partial charge on any atom is 0.245 e. The molecule has 6 nitrogen and oxygen atoms in total. The van der Waals surface area contributed by atoms with Gasteiger partial charge in [0, 0.05) is 13.1 Å². The highest BCUT2D eigenvalue weighted by Crippen LogP contribution is 2.35. The predicted octanol–water partition coefficient (Wildman–Crippen LogP) is 3.16. The molecule has 1 heterocycles. The third-order valence-corrected chi connectivity index (χ3v) is 6.92. The van der Waals surface area contributed by atoms with E-state index >= 15 is 0 Å². The molecule has 1 fully saturated rings. The van der Waals surface area contributed by atoms with E-state index in [1.165, 1.54) is 9.21 Å². The highest BCUT2D eigenvalue weighted by atomic mass is 35.5. The molecule has 1 unspecified atom stereocenters. The van der Waals surface area contributed by atoms with Crippen molar-refractivity contribution in [2.75, 3.05) is 26.1 Å². The molecule has 2 aromatic rings. The van der Waals surface area contributed by atoms with Crippen LogP contribution >= 0.6 is 11.6 Å². The summed E-state index contributed by atoms with van der Waals surface area (Å²) in [4.78, 5) is 14.2. The number of aryl methyl sites for hydroxylation is 1. The second-order valence-electron chi connectivity index (χ2n) is 6.65. The number of nitrogens with zero attached hydrogens (tertiary/aromatic N) is 2. The Hall–Kier alpha value is -2.09. The van der Waals surface area contributed by atoms with Gasteiger partial charge in [0.1, 0.15) is 17.8 Å². The van der Waals surface area contributed by atoms with Crippen LogP contribution in [0.2, 0.25) is 0 Å². The molecule has 0 saturated carbocycles. The second-order valence-corrected chi connectivity index (χ2v) is 8.81. The van der Waals surface area contributed by atoms with Gasteiger partial charge in [0.2, 0.25) is 15.9 Å². The van der Waals surface area contributed by atoms with Crippen LogP contribution in [0.3, 0.4) is 0 Å². The maximum absolute atomic E-state index is 13.4. The Bertz CT molecular complexity index is 930. The van der Waals surface area contributed by atoms with E-state index in [0.29, 0.717) is 30.8 Å². The van der Waals surface area contributed by atoms with Crippen LogP contribution in [0.1, 0.15) is 23.7 Å². The van der Waals surface area contributed by atoms with Gasteiger partial charge < -0.3 is 9.64 Å². The summed E-state index contributed by atoms with van der Waals surface area (Å²) in [7, 11) is -2.24. The Morgan fingerprint density at radius 3 is 2.32 bits per heavy atom. The molecule has 1 amide bonds. The average Bonchev–Trinajstić information content (AvgIpc) is 2.73. The largest absolute Gasteiger partial charge is 0.497 e. The number of ether oxygens (including phenoxy) is 1. The first-order valence-corrected chi connectivity index (χ1v) is 10.9. The molecular formula is C20H23ClN2O4S. The van der Waals surface area contributed by atoms with Crippen LogP contribution < -0.4 is 4.74 Å². The van der Waals surface area contributed by atoms with Crippen LogP contribution in [0.5, 0.6) is 5.75 Å². The number of carbonyl (C=O) groups excluding carboxylic acids is 1. The first kappa shape index (κ1) is 20.6. The van der Waals surface area contributed by atoms with Gasteiger partial charge in [-0.2, -0.15) is 4.31 Å². The van der Waals surface area contributed by atoms with Crippen molar-refractivity contribution in [3.63, 3.8) is 0 Å². The number of hydrogen-bond donors (Lipinski definition) is 0. The van der Waals surface area contributed by atoms with E-state index in [2.05, 4.69) is 0 Å². The Morgan fingerprint density at radius 1 is 1.11 bits per heavy atom. The molecule has 3 rings (SSSR count). The topological polar surface area (TPSA) is 66.9 Å². The van der Waals surface area contributed by atoms with Gasteiger partial charge >= 0.3 is 0 Å². The number of rotatable bonds is 5. The van der Waals surface area contributed by atoms with E-state index in [1.54, 1.807) is 55.6 Å². The molecule has 1 saturated heterocycles. The quantitative estimate of drug-likeness (QED) is 0.694. The Balaban J connectivity index is 2.07. The summed E-state index contributed by atoms with van der Waals surface area (Å²) in [5.41, 5.74) is 1.66. The minimum absolute atomic E-state index is 0.203. The normalized spacial score (nSPS) is 18.1. The number of carbonyl (C=O) groups is 1. The van der Waals surface area contributed by atoms with Crippen molar-refractivity contribution in [2.45, 2.75) is 24.4 Å². The van der Waals surface area contributed by atoms with Crippen molar-refractivity contribution in [1.29, 1.82) is 0 Å². The lowest BCUT2D eigenvalue weighted by Crippen LogP contribution is -2.52. The number of sulfonamides is 1. The van der Waals surface area contributed by atoms with Crippen molar-refractivity contribution in [2.24, 2.45) is 0 Å². The van der Waals surface area contributed by atoms with Crippen LogP contribution in [0.25, 0.3) is 0 Å². The summed E-state index contributed by atoms with van der Waals surface area (Å²) in [6, 6.07) is 13.8. The number of alkyl halides is 1. The monoisotopic (exact) mass is 422 g/mol. The Kier molecular flexibility index (Phi) is 6.27. The lowest BCUT2D eigenvalue weighted by Gasteiger charge is -2.43. The Morgan fingerprint density at radius 2 is 1.75 bits per heavy atom. The number of hydrogen-bond acceptors (Lipinski definition) is 4. The molecule has 1 atom stereocenters. The van der Waals surface area contributed by atoms with Crippen molar-refractivity contribution in [3.8, 4) is 5.75 Å². The highest BCUT2D eigenvalue weighted by molar-refractivity contribution is 7.89. The lowest BCUT2D eigenvalue weighted by atomic mass is 10.1. The van der Waals surface area contributed by atoms with Crippen LogP contribution in [-0.2, 0) is 14.8 Å². The molecule has 0 N–H and O–H groups in total. The van der Waals surface area contributed by atoms with Gasteiger partial charge in [-0.1, -0.05) is 29.8 Å². The smallest absolute Gasteiger partial charge is 0.245 e. The van der Waals surface area contributed by atoms with E-state index < -0.39 is 16.2 Å². The van der Waals surface area contributed by atoms with Crippen molar-refractivity contribution >= 4 is 27.5 Å². The molecule has 0 bridgehead atoms. The zero-order chi connectivity index (χ0) is 20.3. The SMILES string of the molecule is COc1ccc(C2N(C(=O)CCl)CCCN2S(=O)(=O)c2ccc(C)cc2)cc1. The van der Waals surface area contributed by atoms with E-state index in [4.69, 9.17) is 16.3 Å². The van der Waals surface area contributed by atoms with Crippen molar-refractivity contribution in [1.82, 2.24) is 9.21 Å². The van der Waals surface area contributed by atoms with Crippen molar-refractivity contribution < 1.29 is 17.9 Å². The van der Waals surface area contributed by atoms with Gasteiger partial charge in [-0.3, -0.25) is 4.79 Å². The fraction of sp³-hybridized carbons (Fsp3) is 0.350. The summed E-state index contributed by atoms with van der Waals surface area (Å²) in [6.07, 6.45) is -0.211. The molecule has 0 spiro atoms. The zero-order valence-corrected chi connectivity index (χ0v) is 17.4. The molecule has 0 aromatic heterocycles. The van der Waals surface area contributed by atoms with Crippen LogP contribution in [0.15, 0.2) is 53.4 Å². The zero-order valence-electron chi connectivity index (χ0n) is 15.8. The van der Waals surface area contributed by atoms with E-state index in [9.17, 15) is 13.2 Å². The number of benzene rings is 2. The minimum atomic E-state index is -3.80. The number of halogens is 1. The molecule has 150 valence electrons. The molecule has 0 aliphatic carbocycles. The van der Waals surface area contributed by atoms with Gasteiger partial charge in [-0.15, -0.1) is 11.6 Å². The van der Waals surface area contributed by atoms with Crippen LogP contribution in [0, 0.1) is 6.92 Å². The van der Waals surface area contributed by atoms with E-state index in [-0.39, 0.29) is 16.7 Å². The molecule has 0 radical (unpaired) electrons. The van der Waals surface area contributed by atoms with E-state index in [1.807, 2.05) is 6.92 Å². The minimum Gasteiger partial charge on any atom is -0.497 e. The fourth-order valence-electron chi connectivity index (χ4n) is 3.35. The summed E-state index contributed by atoms with van der Waals surface area (Å²) in [5.74, 6) is 0.152. The van der Waals surface area contributed by atoms with Crippen LogP contribution in [0.4, 0.5) is 0 Å². The molecule has 2 aromatic carbocycles. The summed E-state index contributed by atoms with van der Waals surface area (Å²) in [6.45, 7) is 2.67. The molecule has 8 heteroatoms. The lowest BCUT2D eigenvalue weighted by molar-refractivity contribution is -0.135. The molecule has 28 heavy (non-hydrogen) atoms. The second kappa shape index (κ2) is 8.51. The average molecular weight is 423 g/mol.